The van der Waals surface area contributed by atoms with Crippen LogP contribution >= 0.6 is 15.9 Å². The van der Waals surface area contributed by atoms with Crippen LogP contribution in [0.3, 0.4) is 0 Å². The molecule has 0 unspecified atom stereocenters. The van der Waals surface area contributed by atoms with Crippen LogP contribution in [0.2, 0.25) is 0 Å². The fraction of sp³-hybridized carbons (Fsp3) is 0.333. The summed E-state index contributed by atoms with van der Waals surface area (Å²) < 4.78 is 14.5. The molecule has 2 heterocycles. The quantitative estimate of drug-likeness (QED) is 0.465. The van der Waals surface area contributed by atoms with Crippen molar-refractivity contribution in [3.63, 3.8) is 0 Å². The van der Waals surface area contributed by atoms with Crippen LogP contribution in [0.1, 0.15) is 30.4 Å². The lowest BCUT2D eigenvalue weighted by molar-refractivity contribution is 0.127. The zero-order chi connectivity index (χ0) is 17.6. The molecule has 5 nitrogen and oxygen atoms in total. The molecule has 0 atom stereocenters. The van der Waals surface area contributed by atoms with Gasteiger partial charge in [-0.1, -0.05) is 21.1 Å². The van der Waals surface area contributed by atoms with Gasteiger partial charge in [-0.25, -0.2) is 9.37 Å². The molecule has 0 aliphatic carbocycles. The van der Waals surface area contributed by atoms with Crippen molar-refractivity contribution in [1.82, 2.24) is 4.98 Å². The van der Waals surface area contributed by atoms with Crippen molar-refractivity contribution < 1.29 is 9.23 Å². The van der Waals surface area contributed by atoms with Crippen molar-refractivity contribution in [2.75, 3.05) is 18.0 Å². The Balaban J connectivity index is 1.66. The molecule has 1 aromatic carbocycles. The Labute approximate surface area is 154 Å². The zero-order valence-corrected chi connectivity index (χ0v) is 15.4. The number of halogens is 2. The fourth-order valence-electron chi connectivity index (χ4n) is 2.75. The topological polar surface area (TPSA) is 63.7 Å². The minimum atomic E-state index is -0.340. The standard InChI is InChI=1S/C18H20BrFN4O/c19-15-4-5-16(20)14(10-15)12-25-23-18(21)13-6-7-22-17(11-13)24-8-2-1-3-9-24/h4-7,10-11H,1-3,8-9,12H2,(H2,21,23). The van der Waals surface area contributed by atoms with Gasteiger partial charge in [-0.3, -0.25) is 0 Å². The van der Waals surface area contributed by atoms with E-state index in [1.54, 1.807) is 24.4 Å². The second-order valence-electron chi connectivity index (χ2n) is 5.94. The summed E-state index contributed by atoms with van der Waals surface area (Å²) in [5.74, 6) is 0.803. The Bertz CT molecular complexity index is 762. The molecule has 1 aromatic heterocycles. The second kappa shape index (κ2) is 8.29. The summed E-state index contributed by atoms with van der Waals surface area (Å²) in [6.45, 7) is 2.02. The van der Waals surface area contributed by atoms with Crippen molar-refractivity contribution in [3.05, 3.63) is 57.9 Å². The summed E-state index contributed by atoms with van der Waals surface area (Å²) in [5.41, 5.74) is 7.15. The number of benzene rings is 1. The predicted molar refractivity (Wildman–Crippen MR) is 99.9 cm³/mol. The van der Waals surface area contributed by atoms with Gasteiger partial charge in [0.1, 0.15) is 18.2 Å². The van der Waals surface area contributed by atoms with Crippen LogP contribution in [-0.2, 0) is 11.4 Å². The van der Waals surface area contributed by atoms with E-state index in [2.05, 4.69) is 31.0 Å². The van der Waals surface area contributed by atoms with E-state index in [0.29, 0.717) is 5.56 Å². The Morgan fingerprint density at radius 2 is 2.04 bits per heavy atom. The van der Waals surface area contributed by atoms with E-state index in [-0.39, 0.29) is 18.3 Å². The minimum Gasteiger partial charge on any atom is -0.389 e. The molecule has 2 aromatic rings. The Kier molecular flexibility index (Phi) is 5.86. The van der Waals surface area contributed by atoms with Crippen LogP contribution in [0.15, 0.2) is 46.2 Å². The highest BCUT2D eigenvalue weighted by molar-refractivity contribution is 9.10. The van der Waals surface area contributed by atoms with E-state index in [0.717, 1.165) is 28.9 Å². The summed E-state index contributed by atoms with van der Waals surface area (Å²) in [7, 11) is 0. The Morgan fingerprint density at radius 1 is 1.24 bits per heavy atom. The van der Waals surface area contributed by atoms with Crippen LogP contribution < -0.4 is 10.6 Å². The number of aromatic nitrogens is 1. The van der Waals surface area contributed by atoms with E-state index in [1.165, 1.54) is 25.3 Å². The van der Waals surface area contributed by atoms with E-state index in [4.69, 9.17) is 10.6 Å². The first-order valence-electron chi connectivity index (χ1n) is 8.24. The Morgan fingerprint density at radius 3 is 2.84 bits per heavy atom. The van der Waals surface area contributed by atoms with Crippen LogP contribution in [0.5, 0.6) is 0 Å². The number of amidine groups is 1. The van der Waals surface area contributed by atoms with Crippen molar-refractivity contribution in [1.29, 1.82) is 0 Å². The fourth-order valence-corrected chi connectivity index (χ4v) is 3.16. The Hall–Kier alpha value is -2.15. The van der Waals surface area contributed by atoms with Crippen LogP contribution in [0, 0.1) is 5.82 Å². The number of nitrogens with zero attached hydrogens (tertiary/aromatic N) is 3. The smallest absolute Gasteiger partial charge is 0.170 e. The van der Waals surface area contributed by atoms with Gasteiger partial charge in [0.15, 0.2) is 5.84 Å². The van der Waals surface area contributed by atoms with Crippen LogP contribution in [0.4, 0.5) is 10.2 Å². The van der Waals surface area contributed by atoms with E-state index in [1.807, 2.05) is 6.07 Å². The molecule has 0 spiro atoms. The molecule has 0 saturated carbocycles. The highest BCUT2D eigenvalue weighted by Crippen LogP contribution is 2.19. The molecular weight excluding hydrogens is 387 g/mol. The average Bonchev–Trinajstić information content (AvgIpc) is 2.65. The molecular formula is C18H20BrFN4O. The molecule has 1 fully saturated rings. The molecule has 3 rings (SSSR count). The van der Waals surface area contributed by atoms with Crippen molar-refractivity contribution in [3.8, 4) is 0 Å². The van der Waals surface area contributed by atoms with Gasteiger partial charge >= 0.3 is 0 Å². The predicted octanol–water partition coefficient (Wildman–Crippen LogP) is 3.81. The van der Waals surface area contributed by atoms with Crippen molar-refractivity contribution >= 4 is 27.6 Å². The SMILES string of the molecule is NC(=NOCc1cc(Br)ccc1F)c1ccnc(N2CCCCC2)c1. The maximum Gasteiger partial charge on any atom is 0.170 e. The normalized spacial score (nSPS) is 15.3. The third-order valence-corrected chi connectivity index (χ3v) is 4.61. The summed E-state index contributed by atoms with van der Waals surface area (Å²) in [6.07, 6.45) is 5.34. The summed E-state index contributed by atoms with van der Waals surface area (Å²) in [6, 6.07) is 8.36. The lowest BCUT2D eigenvalue weighted by atomic mass is 10.1. The average molecular weight is 407 g/mol. The maximum absolute atomic E-state index is 13.7. The summed E-state index contributed by atoms with van der Waals surface area (Å²) >= 11 is 3.31. The largest absolute Gasteiger partial charge is 0.389 e. The third-order valence-electron chi connectivity index (χ3n) is 4.11. The summed E-state index contributed by atoms with van der Waals surface area (Å²) in [4.78, 5) is 11.9. The van der Waals surface area contributed by atoms with Gasteiger partial charge in [-0.15, -0.1) is 0 Å². The molecule has 0 bridgehead atoms. The lowest BCUT2D eigenvalue weighted by Crippen LogP contribution is -2.30. The van der Waals surface area contributed by atoms with E-state index < -0.39 is 0 Å². The van der Waals surface area contributed by atoms with Gasteiger partial charge in [-0.05, 0) is 49.6 Å². The molecule has 132 valence electrons. The monoisotopic (exact) mass is 406 g/mol. The molecule has 25 heavy (non-hydrogen) atoms. The van der Waals surface area contributed by atoms with Crippen molar-refractivity contribution in [2.45, 2.75) is 25.9 Å². The number of anilines is 1. The molecule has 1 aliphatic heterocycles. The zero-order valence-electron chi connectivity index (χ0n) is 13.8. The van der Waals surface area contributed by atoms with E-state index in [9.17, 15) is 4.39 Å². The van der Waals surface area contributed by atoms with Gasteiger partial charge in [0.05, 0.1) is 0 Å². The van der Waals surface area contributed by atoms with Gasteiger partial charge in [0, 0.05) is 34.9 Å². The number of hydrogen-bond donors (Lipinski definition) is 1. The number of nitrogens with two attached hydrogens (primary N) is 1. The highest BCUT2D eigenvalue weighted by Gasteiger charge is 2.13. The molecule has 2 N–H and O–H groups in total. The second-order valence-corrected chi connectivity index (χ2v) is 6.85. The first-order chi connectivity index (χ1) is 12.1. The minimum absolute atomic E-state index is 0.00996. The molecule has 0 radical (unpaired) electrons. The van der Waals surface area contributed by atoms with Crippen LogP contribution in [0.25, 0.3) is 0 Å². The van der Waals surface area contributed by atoms with E-state index >= 15 is 0 Å². The number of oxime groups is 1. The third kappa shape index (κ3) is 4.69. The molecule has 7 heteroatoms. The lowest BCUT2D eigenvalue weighted by Gasteiger charge is -2.27. The van der Waals surface area contributed by atoms with Gasteiger partial charge in [0.25, 0.3) is 0 Å². The first-order valence-corrected chi connectivity index (χ1v) is 9.03. The highest BCUT2D eigenvalue weighted by atomic mass is 79.9. The molecule has 1 aliphatic rings. The number of hydrogen-bond acceptors (Lipinski definition) is 4. The molecule has 0 amide bonds. The number of pyridine rings is 1. The van der Waals surface area contributed by atoms with Gasteiger partial charge in [-0.2, -0.15) is 0 Å². The van der Waals surface area contributed by atoms with Crippen LogP contribution in [-0.4, -0.2) is 23.9 Å². The maximum atomic E-state index is 13.7. The number of piperidine rings is 1. The van der Waals surface area contributed by atoms with Gasteiger partial charge in [0.2, 0.25) is 0 Å². The number of rotatable bonds is 5. The molecule has 1 saturated heterocycles. The summed E-state index contributed by atoms with van der Waals surface area (Å²) in [5, 5.41) is 3.91. The van der Waals surface area contributed by atoms with Crippen molar-refractivity contribution in [2.24, 2.45) is 10.9 Å². The first kappa shape index (κ1) is 17.7. The van der Waals surface area contributed by atoms with Gasteiger partial charge < -0.3 is 15.5 Å².